The fraction of sp³-hybridized carbons (Fsp3) is 0.158. The molecule has 2 aromatic rings. The summed E-state index contributed by atoms with van der Waals surface area (Å²) in [6.07, 6.45) is 3.04. The van der Waals surface area contributed by atoms with E-state index in [2.05, 4.69) is 0 Å². The summed E-state index contributed by atoms with van der Waals surface area (Å²) < 4.78 is 10.3. The minimum absolute atomic E-state index is 0. The summed E-state index contributed by atoms with van der Waals surface area (Å²) in [5.74, 6) is -0.482. The molecule has 0 aliphatic heterocycles. The summed E-state index contributed by atoms with van der Waals surface area (Å²) >= 11 is 5.80. The SMILES string of the molecule is COc1cc(/C=C/C(=O)c2ccc(Cl)cc2)ccc1OC(=O)[C@H](N)CO.Cl. The van der Waals surface area contributed by atoms with Crippen molar-refractivity contribution >= 4 is 41.8 Å². The minimum Gasteiger partial charge on any atom is -0.493 e. The Morgan fingerprint density at radius 2 is 1.85 bits per heavy atom. The summed E-state index contributed by atoms with van der Waals surface area (Å²) in [5.41, 5.74) is 6.60. The highest BCUT2D eigenvalue weighted by Crippen LogP contribution is 2.29. The van der Waals surface area contributed by atoms with Crippen LogP contribution in [0.4, 0.5) is 0 Å². The van der Waals surface area contributed by atoms with Crippen LogP contribution < -0.4 is 15.2 Å². The molecule has 2 rings (SSSR count). The Labute approximate surface area is 167 Å². The van der Waals surface area contributed by atoms with Crippen LogP contribution in [0.25, 0.3) is 6.08 Å². The molecule has 1 atom stereocenters. The summed E-state index contributed by atoms with van der Waals surface area (Å²) in [4.78, 5) is 23.8. The summed E-state index contributed by atoms with van der Waals surface area (Å²) in [6.45, 7) is -0.519. The van der Waals surface area contributed by atoms with E-state index in [-0.39, 0.29) is 23.9 Å². The largest absolute Gasteiger partial charge is 0.493 e. The van der Waals surface area contributed by atoms with E-state index in [9.17, 15) is 9.59 Å². The van der Waals surface area contributed by atoms with E-state index in [1.54, 1.807) is 42.5 Å². The first kappa shape index (κ1) is 22.7. The zero-order valence-electron chi connectivity index (χ0n) is 14.4. The van der Waals surface area contributed by atoms with E-state index < -0.39 is 18.6 Å². The van der Waals surface area contributed by atoms with E-state index in [4.69, 9.17) is 31.9 Å². The second-order valence-electron chi connectivity index (χ2n) is 5.32. The van der Waals surface area contributed by atoms with Gasteiger partial charge in [0.15, 0.2) is 17.3 Å². The zero-order chi connectivity index (χ0) is 19.1. The van der Waals surface area contributed by atoms with Crippen molar-refractivity contribution in [3.05, 3.63) is 64.7 Å². The van der Waals surface area contributed by atoms with E-state index in [1.807, 2.05) is 0 Å². The zero-order valence-corrected chi connectivity index (χ0v) is 16.0. The van der Waals surface area contributed by atoms with Crippen LogP contribution >= 0.6 is 24.0 Å². The van der Waals surface area contributed by atoms with Gasteiger partial charge in [0.1, 0.15) is 6.04 Å². The van der Waals surface area contributed by atoms with Gasteiger partial charge in [-0.05, 0) is 48.0 Å². The molecule has 27 heavy (non-hydrogen) atoms. The van der Waals surface area contributed by atoms with Gasteiger partial charge in [-0.1, -0.05) is 23.7 Å². The summed E-state index contributed by atoms with van der Waals surface area (Å²) in [7, 11) is 1.42. The van der Waals surface area contributed by atoms with E-state index in [1.165, 1.54) is 19.3 Å². The molecule has 144 valence electrons. The van der Waals surface area contributed by atoms with Crippen LogP contribution in [0.2, 0.25) is 5.02 Å². The van der Waals surface area contributed by atoms with E-state index in [0.29, 0.717) is 21.9 Å². The quantitative estimate of drug-likeness (QED) is 0.314. The van der Waals surface area contributed by atoms with Gasteiger partial charge in [0.05, 0.1) is 13.7 Å². The molecule has 0 aliphatic rings. The van der Waals surface area contributed by atoms with E-state index >= 15 is 0 Å². The van der Waals surface area contributed by atoms with Gasteiger partial charge in [-0.25, -0.2) is 4.79 Å². The van der Waals surface area contributed by atoms with Crippen LogP contribution in [-0.4, -0.2) is 36.6 Å². The van der Waals surface area contributed by atoms with Crippen LogP contribution in [0.15, 0.2) is 48.5 Å². The molecule has 8 heteroatoms. The van der Waals surface area contributed by atoms with Gasteiger partial charge in [-0.3, -0.25) is 4.79 Å². The molecule has 0 bridgehead atoms. The third-order valence-electron chi connectivity index (χ3n) is 3.45. The fourth-order valence-corrected chi connectivity index (χ4v) is 2.14. The highest BCUT2D eigenvalue weighted by molar-refractivity contribution is 6.30. The molecule has 0 saturated carbocycles. The number of nitrogens with two attached hydrogens (primary N) is 1. The second-order valence-corrected chi connectivity index (χ2v) is 5.76. The molecule has 6 nitrogen and oxygen atoms in total. The topological polar surface area (TPSA) is 98.9 Å². The standard InChI is InChI=1S/C19H18ClNO5.ClH/c1-25-18-10-12(3-9-17(18)26-19(24)15(21)11-22)2-8-16(23)13-4-6-14(20)7-5-13;/h2-10,15,22H,11,21H2,1H3;1H/b8-2+;/t15-;/m1./s1. The molecular formula is C19H19Cl2NO5. The molecule has 3 N–H and O–H groups in total. The Balaban J connectivity index is 0.00000364. The average Bonchev–Trinajstić information content (AvgIpc) is 2.66. The number of allylic oxidation sites excluding steroid dienone is 1. The van der Waals surface area contributed by atoms with Crippen LogP contribution in [0.3, 0.4) is 0 Å². The summed E-state index contributed by atoms with van der Waals surface area (Å²) in [6, 6.07) is 10.2. The normalized spacial score (nSPS) is 11.6. The van der Waals surface area contributed by atoms with Gasteiger partial charge in [-0.2, -0.15) is 0 Å². The Morgan fingerprint density at radius 1 is 1.19 bits per heavy atom. The molecule has 0 amide bonds. The molecule has 0 saturated heterocycles. The van der Waals surface area contributed by atoms with E-state index in [0.717, 1.165) is 0 Å². The van der Waals surface area contributed by atoms with Crippen LogP contribution in [0, 0.1) is 0 Å². The van der Waals surface area contributed by atoms with Crippen molar-refractivity contribution in [1.82, 2.24) is 0 Å². The van der Waals surface area contributed by atoms with Crippen molar-refractivity contribution in [2.75, 3.05) is 13.7 Å². The molecule has 0 unspecified atom stereocenters. The molecule has 0 aromatic heterocycles. The minimum atomic E-state index is -1.13. The monoisotopic (exact) mass is 411 g/mol. The number of hydrogen-bond donors (Lipinski definition) is 2. The first-order valence-corrected chi connectivity index (χ1v) is 8.06. The number of hydrogen-bond acceptors (Lipinski definition) is 6. The van der Waals surface area contributed by atoms with Crippen molar-refractivity contribution in [3.8, 4) is 11.5 Å². The van der Waals surface area contributed by atoms with Crippen molar-refractivity contribution in [1.29, 1.82) is 0 Å². The summed E-state index contributed by atoms with van der Waals surface area (Å²) in [5, 5.41) is 9.44. The third-order valence-corrected chi connectivity index (χ3v) is 3.71. The Morgan fingerprint density at radius 3 is 2.44 bits per heavy atom. The number of aliphatic hydroxyl groups excluding tert-OH is 1. The lowest BCUT2D eigenvalue weighted by Crippen LogP contribution is -2.37. The number of carbonyl (C=O) groups is 2. The maximum absolute atomic E-state index is 12.1. The van der Waals surface area contributed by atoms with Gasteiger partial charge < -0.3 is 20.3 Å². The highest BCUT2D eigenvalue weighted by Gasteiger charge is 2.17. The lowest BCUT2D eigenvalue weighted by molar-refractivity contribution is -0.136. The number of ketones is 1. The van der Waals surface area contributed by atoms with Gasteiger partial charge >= 0.3 is 5.97 Å². The first-order valence-electron chi connectivity index (χ1n) is 7.68. The molecule has 0 fully saturated rings. The van der Waals surface area contributed by atoms with Crippen molar-refractivity contribution in [2.45, 2.75) is 6.04 Å². The third kappa shape index (κ3) is 6.37. The van der Waals surface area contributed by atoms with Crippen molar-refractivity contribution in [3.63, 3.8) is 0 Å². The Kier molecular flexibility index (Phi) is 8.97. The predicted molar refractivity (Wildman–Crippen MR) is 106 cm³/mol. The lowest BCUT2D eigenvalue weighted by atomic mass is 10.1. The number of halogens is 2. The Hall–Kier alpha value is -2.38. The van der Waals surface area contributed by atoms with Gasteiger partial charge in [-0.15, -0.1) is 12.4 Å². The average molecular weight is 412 g/mol. The van der Waals surface area contributed by atoms with Gasteiger partial charge in [0, 0.05) is 10.6 Å². The van der Waals surface area contributed by atoms with Gasteiger partial charge in [0.2, 0.25) is 0 Å². The molecule has 0 aliphatic carbocycles. The molecular weight excluding hydrogens is 393 g/mol. The smallest absolute Gasteiger partial charge is 0.330 e. The Bertz CT molecular complexity index is 821. The molecule has 2 aromatic carbocycles. The van der Waals surface area contributed by atoms with Crippen LogP contribution in [0.1, 0.15) is 15.9 Å². The maximum Gasteiger partial charge on any atom is 0.330 e. The van der Waals surface area contributed by atoms with Crippen LogP contribution in [0.5, 0.6) is 11.5 Å². The number of rotatable bonds is 7. The molecule has 0 heterocycles. The van der Waals surface area contributed by atoms with Crippen LogP contribution in [-0.2, 0) is 4.79 Å². The molecule has 0 radical (unpaired) electrons. The number of carbonyl (C=O) groups excluding carboxylic acids is 2. The number of esters is 1. The first-order chi connectivity index (χ1) is 12.4. The highest BCUT2D eigenvalue weighted by atomic mass is 35.5. The van der Waals surface area contributed by atoms with Crippen molar-refractivity contribution < 1.29 is 24.2 Å². The number of ether oxygens (including phenoxy) is 2. The lowest BCUT2D eigenvalue weighted by Gasteiger charge is -2.12. The number of methoxy groups -OCH3 is 1. The fourth-order valence-electron chi connectivity index (χ4n) is 2.01. The predicted octanol–water partition coefficient (Wildman–Crippen LogP) is 2.89. The maximum atomic E-state index is 12.1. The van der Waals surface area contributed by atoms with Crippen molar-refractivity contribution in [2.24, 2.45) is 5.73 Å². The number of aliphatic hydroxyl groups is 1. The van der Waals surface area contributed by atoms with Gasteiger partial charge in [0.25, 0.3) is 0 Å². The second kappa shape index (κ2) is 10.7. The molecule has 0 spiro atoms. The number of benzene rings is 2.